The average molecular weight is 171 g/mol. The van der Waals surface area contributed by atoms with Crippen LogP contribution in [0.4, 0.5) is 0 Å². The zero-order chi connectivity index (χ0) is 9.40. The van der Waals surface area contributed by atoms with Gasteiger partial charge in [0, 0.05) is 13.0 Å². The van der Waals surface area contributed by atoms with E-state index in [9.17, 15) is 4.79 Å². The minimum absolute atomic E-state index is 0.139. The van der Waals surface area contributed by atoms with Crippen LogP contribution in [0.5, 0.6) is 0 Å². The molecule has 0 heterocycles. The molecule has 0 aromatic rings. The number of hydrogen-bond donors (Lipinski definition) is 1. The van der Waals surface area contributed by atoms with Crippen molar-refractivity contribution < 1.29 is 4.79 Å². The molecule has 3 heteroatoms. The van der Waals surface area contributed by atoms with E-state index in [1.807, 2.05) is 14.1 Å². The summed E-state index contributed by atoms with van der Waals surface area (Å²) in [5.41, 5.74) is 0. The molecule has 0 aliphatic rings. The third kappa shape index (κ3) is 7.54. The molecule has 0 aliphatic carbocycles. The van der Waals surface area contributed by atoms with E-state index < -0.39 is 0 Å². The summed E-state index contributed by atoms with van der Waals surface area (Å²) >= 11 is 0. The van der Waals surface area contributed by atoms with Crippen LogP contribution >= 0.6 is 0 Å². The van der Waals surface area contributed by atoms with Gasteiger partial charge in [-0.3, -0.25) is 4.79 Å². The number of hydrogen-bond acceptors (Lipinski definition) is 2. The van der Waals surface area contributed by atoms with Crippen LogP contribution in [0.25, 0.3) is 0 Å². The predicted molar refractivity (Wildman–Crippen MR) is 50.8 cm³/mol. The molecule has 1 radical (unpaired) electrons. The molecular formula is C9H19N2O. The van der Waals surface area contributed by atoms with Crippen molar-refractivity contribution in [1.82, 2.24) is 10.2 Å². The normalized spacial score (nSPS) is 10.3. The minimum Gasteiger partial charge on any atom is -0.356 e. The van der Waals surface area contributed by atoms with Gasteiger partial charge in [-0.05, 0) is 33.5 Å². The van der Waals surface area contributed by atoms with E-state index in [4.69, 9.17) is 0 Å². The van der Waals surface area contributed by atoms with Crippen LogP contribution in [-0.4, -0.2) is 38.0 Å². The maximum atomic E-state index is 11.0. The fraction of sp³-hybridized carbons (Fsp3) is 0.778. The molecule has 1 N–H and O–H groups in total. The summed E-state index contributed by atoms with van der Waals surface area (Å²) in [5.74, 6) is 0.139. The summed E-state index contributed by atoms with van der Waals surface area (Å²) in [5, 5.41) is 2.79. The SMILES string of the molecule is [CH2]CCNC(=O)CCCN(C)C. The Labute approximate surface area is 75.1 Å². The van der Waals surface area contributed by atoms with Crippen LogP contribution in [0, 0.1) is 6.92 Å². The minimum atomic E-state index is 0.139. The third-order valence-corrected chi connectivity index (χ3v) is 1.51. The lowest BCUT2D eigenvalue weighted by Crippen LogP contribution is -2.25. The predicted octanol–water partition coefficient (Wildman–Crippen LogP) is 0.669. The second kappa shape index (κ2) is 7.10. The molecule has 12 heavy (non-hydrogen) atoms. The standard InChI is InChI=1S/C9H19N2O/c1-4-7-10-9(12)6-5-8-11(2)3/h1,4-8H2,2-3H3,(H,10,12). The molecule has 0 aliphatic heterocycles. The molecule has 0 spiro atoms. The lowest BCUT2D eigenvalue weighted by molar-refractivity contribution is -0.121. The Balaban J connectivity index is 3.20. The molecule has 0 bridgehead atoms. The second-order valence-corrected chi connectivity index (χ2v) is 3.11. The summed E-state index contributed by atoms with van der Waals surface area (Å²) in [6, 6.07) is 0. The summed E-state index contributed by atoms with van der Waals surface area (Å²) in [4.78, 5) is 13.1. The Bertz CT molecular complexity index is 124. The molecule has 0 unspecified atom stereocenters. The van der Waals surface area contributed by atoms with Gasteiger partial charge in [-0.2, -0.15) is 0 Å². The van der Waals surface area contributed by atoms with Crippen LogP contribution in [0.1, 0.15) is 19.3 Å². The first-order valence-corrected chi connectivity index (χ1v) is 4.37. The van der Waals surface area contributed by atoms with E-state index >= 15 is 0 Å². The van der Waals surface area contributed by atoms with E-state index in [2.05, 4.69) is 17.1 Å². The van der Waals surface area contributed by atoms with E-state index in [0.29, 0.717) is 13.0 Å². The summed E-state index contributed by atoms with van der Waals surface area (Å²) in [6.45, 7) is 5.31. The zero-order valence-corrected chi connectivity index (χ0v) is 8.10. The van der Waals surface area contributed by atoms with Crippen LogP contribution in [0.15, 0.2) is 0 Å². The molecule has 1 amide bonds. The lowest BCUT2D eigenvalue weighted by Gasteiger charge is -2.08. The molecule has 3 nitrogen and oxygen atoms in total. The first kappa shape index (κ1) is 11.4. The molecule has 0 saturated heterocycles. The molecule has 0 saturated carbocycles. The van der Waals surface area contributed by atoms with Crippen molar-refractivity contribution in [1.29, 1.82) is 0 Å². The van der Waals surface area contributed by atoms with Crippen molar-refractivity contribution in [2.75, 3.05) is 27.2 Å². The van der Waals surface area contributed by atoms with Gasteiger partial charge in [-0.1, -0.05) is 6.92 Å². The van der Waals surface area contributed by atoms with Gasteiger partial charge < -0.3 is 10.2 Å². The smallest absolute Gasteiger partial charge is 0.220 e. The highest BCUT2D eigenvalue weighted by molar-refractivity contribution is 5.75. The van der Waals surface area contributed by atoms with E-state index in [-0.39, 0.29) is 5.91 Å². The van der Waals surface area contributed by atoms with Crippen molar-refractivity contribution in [3.63, 3.8) is 0 Å². The Hall–Kier alpha value is -0.570. The largest absolute Gasteiger partial charge is 0.356 e. The second-order valence-electron chi connectivity index (χ2n) is 3.11. The van der Waals surface area contributed by atoms with Gasteiger partial charge in [-0.15, -0.1) is 0 Å². The maximum Gasteiger partial charge on any atom is 0.220 e. The highest BCUT2D eigenvalue weighted by Crippen LogP contribution is 1.90. The Morgan fingerprint density at radius 2 is 2.17 bits per heavy atom. The molecule has 0 fully saturated rings. The van der Waals surface area contributed by atoms with Crippen LogP contribution < -0.4 is 5.32 Å². The van der Waals surface area contributed by atoms with Gasteiger partial charge in [0.05, 0.1) is 0 Å². The number of carbonyl (C=O) groups is 1. The number of nitrogens with zero attached hydrogens (tertiary/aromatic N) is 1. The molecule has 0 aromatic carbocycles. The monoisotopic (exact) mass is 171 g/mol. The highest BCUT2D eigenvalue weighted by Gasteiger charge is 1.99. The van der Waals surface area contributed by atoms with Gasteiger partial charge in [-0.25, -0.2) is 0 Å². The van der Waals surface area contributed by atoms with Gasteiger partial charge in [0.15, 0.2) is 0 Å². The molecule has 71 valence electrons. The van der Waals surface area contributed by atoms with E-state index in [1.54, 1.807) is 0 Å². The molecule has 0 atom stereocenters. The summed E-state index contributed by atoms with van der Waals surface area (Å²) < 4.78 is 0. The number of rotatable bonds is 6. The van der Waals surface area contributed by atoms with Gasteiger partial charge in [0.1, 0.15) is 0 Å². The van der Waals surface area contributed by atoms with E-state index in [1.165, 1.54) is 0 Å². The third-order valence-electron chi connectivity index (χ3n) is 1.51. The zero-order valence-electron chi connectivity index (χ0n) is 8.10. The van der Waals surface area contributed by atoms with Gasteiger partial charge >= 0.3 is 0 Å². The molecular weight excluding hydrogens is 152 g/mol. The Morgan fingerprint density at radius 3 is 2.67 bits per heavy atom. The van der Waals surface area contributed by atoms with Crippen LogP contribution in [-0.2, 0) is 4.79 Å². The van der Waals surface area contributed by atoms with Gasteiger partial charge in [0.2, 0.25) is 5.91 Å². The topological polar surface area (TPSA) is 32.3 Å². The number of amides is 1. The van der Waals surface area contributed by atoms with Gasteiger partial charge in [0.25, 0.3) is 0 Å². The fourth-order valence-corrected chi connectivity index (χ4v) is 0.872. The fourth-order valence-electron chi connectivity index (χ4n) is 0.872. The first-order valence-electron chi connectivity index (χ1n) is 4.37. The van der Waals surface area contributed by atoms with Crippen LogP contribution in [0.2, 0.25) is 0 Å². The maximum absolute atomic E-state index is 11.0. The summed E-state index contributed by atoms with van der Waals surface area (Å²) in [7, 11) is 4.02. The number of nitrogens with one attached hydrogen (secondary N) is 1. The van der Waals surface area contributed by atoms with Crippen molar-refractivity contribution in [2.45, 2.75) is 19.3 Å². The van der Waals surface area contributed by atoms with Crippen molar-refractivity contribution in [2.24, 2.45) is 0 Å². The van der Waals surface area contributed by atoms with E-state index in [0.717, 1.165) is 19.4 Å². The van der Waals surface area contributed by atoms with Crippen molar-refractivity contribution in [3.8, 4) is 0 Å². The highest BCUT2D eigenvalue weighted by atomic mass is 16.1. The van der Waals surface area contributed by atoms with Crippen molar-refractivity contribution in [3.05, 3.63) is 6.92 Å². The Morgan fingerprint density at radius 1 is 1.50 bits per heavy atom. The summed E-state index contributed by atoms with van der Waals surface area (Å²) in [6.07, 6.45) is 2.31. The lowest BCUT2D eigenvalue weighted by atomic mass is 10.3. The van der Waals surface area contributed by atoms with Crippen LogP contribution in [0.3, 0.4) is 0 Å². The number of carbonyl (C=O) groups excluding carboxylic acids is 1. The Kier molecular flexibility index (Phi) is 6.76. The quantitative estimate of drug-likeness (QED) is 0.637. The van der Waals surface area contributed by atoms with Crippen molar-refractivity contribution >= 4 is 5.91 Å². The molecule has 0 aromatic heterocycles. The average Bonchev–Trinajstić information content (AvgIpc) is 2.00. The first-order chi connectivity index (χ1) is 5.66. The molecule has 0 rings (SSSR count).